The van der Waals surface area contributed by atoms with Crippen molar-refractivity contribution in [2.75, 3.05) is 0 Å². The number of aryl methyl sites for hydroxylation is 1. The lowest BCUT2D eigenvalue weighted by Gasteiger charge is -2.18. The molecule has 1 N–H and O–H groups in total. The normalized spacial score (nSPS) is 14.3. The molecule has 0 radical (unpaired) electrons. The first-order valence-electron chi connectivity index (χ1n) is 5.49. The number of carbonyl (C=O) groups excluding carboxylic acids is 3. The Morgan fingerprint density at radius 1 is 1.17 bits per heavy atom. The van der Waals surface area contributed by atoms with Gasteiger partial charge in [-0.1, -0.05) is 0 Å². The number of phenols is 1. The molecule has 0 unspecified atom stereocenters. The second-order valence-electron chi connectivity index (χ2n) is 4.41. The smallest absolute Gasteiger partial charge is 0.190 e. The van der Waals surface area contributed by atoms with E-state index in [1.807, 2.05) is 0 Å². The standard InChI is InChI=1S/C14H12O4/c1-6-4-9(16)12-10(17)5-7(2)14(18)13(12)11(6)8(3)15/h4-5,16H,1-3H3. The highest BCUT2D eigenvalue weighted by molar-refractivity contribution is 6.28. The molecular weight excluding hydrogens is 232 g/mol. The molecule has 92 valence electrons. The van der Waals surface area contributed by atoms with E-state index in [9.17, 15) is 19.5 Å². The molecule has 1 aromatic carbocycles. The van der Waals surface area contributed by atoms with E-state index in [1.54, 1.807) is 6.92 Å². The molecule has 0 aliphatic heterocycles. The maximum atomic E-state index is 12.1. The predicted molar refractivity (Wildman–Crippen MR) is 65.3 cm³/mol. The quantitative estimate of drug-likeness (QED) is 0.769. The molecule has 4 heteroatoms. The Hall–Kier alpha value is -2.23. The van der Waals surface area contributed by atoms with Gasteiger partial charge in [0.05, 0.1) is 5.56 Å². The maximum Gasteiger partial charge on any atom is 0.190 e. The lowest BCUT2D eigenvalue weighted by Crippen LogP contribution is -2.20. The van der Waals surface area contributed by atoms with Gasteiger partial charge in [0, 0.05) is 16.7 Å². The largest absolute Gasteiger partial charge is 0.507 e. The molecule has 0 saturated carbocycles. The van der Waals surface area contributed by atoms with Crippen LogP contribution in [0.2, 0.25) is 0 Å². The number of rotatable bonds is 1. The first kappa shape index (κ1) is 12.2. The molecular formula is C14H12O4. The predicted octanol–water partition coefficient (Wildman–Crippen LogP) is 2.23. The second kappa shape index (κ2) is 3.91. The van der Waals surface area contributed by atoms with Crippen molar-refractivity contribution in [3.05, 3.63) is 40.0 Å². The average Bonchev–Trinajstić information content (AvgIpc) is 2.24. The summed E-state index contributed by atoms with van der Waals surface area (Å²) in [5, 5.41) is 9.80. The summed E-state index contributed by atoms with van der Waals surface area (Å²) in [6.07, 6.45) is 1.18. The van der Waals surface area contributed by atoms with Gasteiger partial charge >= 0.3 is 0 Å². The Kier molecular flexibility index (Phi) is 2.66. The monoisotopic (exact) mass is 244 g/mol. The van der Waals surface area contributed by atoms with Crippen LogP contribution in [0.5, 0.6) is 5.75 Å². The Labute approximate surface area is 104 Å². The van der Waals surface area contributed by atoms with E-state index in [1.165, 1.54) is 26.0 Å². The molecule has 0 amide bonds. The van der Waals surface area contributed by atoms with Crippen LogP contribution in [-0.2, 0) is 0 Å². The summed E-state index contributed by atoms with van der Waals surface area (Å²) in [4.78, 5) is 35.6. The summed E-state index contributed by atoms with van der Waals surface area (Å²) < 4.78 is 0. The van der Waals surface area contributed by atoms with Crippen LogP contribution in [0.3, 0.4) is 0 Å². The molecule has 0 atom stereocenters. The highest BCUT2D eigenvalue weighted by atomic mass is 16.3. The van der Waals surface area contributed by atoms with Gasteiger partial charge in [0.25, 0.3) is 0 Å². The summed E-state index contributed by atoms with van der Waals surface area (Å²) >= 11 is 0. The van der Waals surface area contributed by atoms with E-state index in [-0.39, 0.29) is 39.6 Å². The second-order valence-corrected chi connectivity index (χ2v) is 4.41. The third-order valence-corrected chi connectivity index (χ3v) is 3.03. The summed E-state index contributed by atoms with van der Waals surface area (Å²) in [6, 6.07) is 1.34. The molecule has 1 aliphatic rings. The molecule has 18 heavy (non-hydrogen) atoms. The number of benzene rings is 1. The minimum atomic E-state index is -0.443. The van der Waals surface area contributed by atoms with Crippen LogP contribution >= 0.6 is 0 Å². The summed E-state index contributed by atoms with van der Waals surface area (Å²) in [5.41, 5.74) is 0.953. The topological polar surface area (TPSA) is 71.4 Å². The van der Waals surface area contributed by atoms with E-state index in [0.717, 1.165) is 0 Å². The first-order valence-corrected chi connectivity index (χ1v) is 5.49. The number of hydrogen-bond acceptors (Lipinski definition) is 4. The molecule has 0 fully saturated rings. The average molecular weight is 244 g/mol. The molecule has 0 heterocycles. The van der Waals surface area contributed by atoms with Gasteiger partial charge in [-0.05, 0) is 38.5 Å². The van der Waals surface area contributed by atoms with Crippen molar-refractivity contribution < 1.29 is 19.5 Å². The third kappa shape index (κ3) is 1.57. The number of aromatic hydroxyl groups is 1. The SMILES string of the molecule is CC(=O)c1c(C)cc(O)c2c1C(=O)C(C)=CC2=O. The number of carbonyl (C=O) groups is 3. The van der Waals surface area contributed by atoms with Gasteiger partial charge in [-0.2, -0.15) is 0 Å². The molecule has 0 bridgehead atoms. The number of Topliss-reactive ketones (excluding diaryl/α,β-unsaturated/α-hetero) is 2. The van der Waals surface area contributed by atoms with Crippen molar-refractivity contribution in [1.82, 2.24) is 0 Å². The van der Waals surface area contributed by atoms with Gasteiger partial charge in [-0.15, -0.1) is 0 Å². The van der Waals surface area contributed by atoms with Crippen molar-refractivity contribution in [3.8, 4) is 5.75 Å². The fourth-order valence-corrected chi connectivity index (χ4v) is 2.26. The summed E-state index contributed by atoms with van der Waals surface area (Å²) in [7, 11) is 0. The van der Waals surface area contributed by atoms with Crippen LogP contribution in [0.25, 0.3) is 0 Å². The van der Waals surface area contributed by atoms with E-state index in [4.69, 9.17) is 0 Å². The number of hydrogen-bond donors (Lipinski definition) is 1. The molecule has 1 aromatic rings. The van der Waals surface area contributed by atoms with Crippen molar-refractivity contribution in [2.24, 2.45) is 0 Å². The van der Waals surface area contributed by atoms with Crippen molar-refractivity contribution >= 4 is 17.3 Å². The van der Waals surface area contributed by atoms with Gasteiger partial charge in [-0.25, -0.2) is 0 Å². The van der Waals surface area contributed by atoms with Crippen molar-refractivity contribution in [2.45, 2.75) is 20.8 Å². The van der Waals surface area contributed by atoms with Crippen molar-refractivity contribution in [1.29, 1.82) is 0 Å². The molecule has 4 nitrogen and oxygen atoms in total. The van der Waals surface area contributed by atoms with Crippen LogP contribution in [0.1, 0.15) is 50.5 Å². The van der Waals surface area contributed by atoms with Crippen LogP contribution in [0.4, 0.5) is 0 Å². The Balaban J connectivity index is 2.93. The zero-order valence-corrected chi connectivity index (χ0v) is 10.3. The van der Waals surface area contributed by atoms with Gasteiger partial charge < -0.3 is 5.11 Å². The summed E-state index contributed by atoms with van der Waals surface area (Å²) in [6.45, 7) is 4.49. The van der Waals surface area contributed by atoms with Crippen LogP contribution in [0, 0.1) is 6.92 Å². The molecule has 0 aromatic heterocycles. The number of fused-ring (bicyclic) bond motifs is 1. The Morgan fingerprint density at radius 2 is 1.78 bits per heavy atom. The number of allylic oxidation sites excluding steroid dienone is 2. The third-order valence-electron chi connectivity index (χ3n) is 3.03. The van der Waals surface area contributed by atoms with Crippen LogP contribution < -0.4 is 0 Å². The highest BCUT2D eigenvalue weighted by Gasteiger charge is 2.31. The molecule has 0 saturated heterocycles. The van der Waals surface area contributed by atoms with Crippen molar-refractivity contribution in [3.63, 3.8) is 0 Å². The lowest BCUT2D eigenvalue weighted by molar-refractivity contribution is 0.0968. The van der Waals surface area contributed by atoms with Crippen LogP contribution in [-0.4, -0.2) is 22.5 Å². The van der Waals surface area contributed by atoms with Gasteiger partial charge in [-0.3, -0.25) is 14.4 Å². The van der Waals surface area contributed by atoms with Crippen LogP contribution in [0.15, 0.2) is 17.7 Å². The van der Waals surface area contributed by atoms with E-state index in [0.29, 0.717) is 5.56 Å². The molecule has 0 spiro atoms. The zero-order chi connectivity index (χ0) is 13.6. The van der Waals surface area contributed by atoms with E-state index in [2.05, 4.69) is 0 Å². The maximum absolute atomic E-state index is 12.1. The highest BCUT2D eigenvalue weighted by Crippen LogP contribution is 2.33. The fourth-order valence-electron chi connectivity index (χ4n) is 2.26. The number of phenolic OH excluding ortho intramolecular Hbond substituents is 1. The Morgan fingerprint density at radius 3 is 2.33 bits per heavy atom. The minimum absolute atomic E-state index is 0.0324. The lowest BCUT2D eigenvalue weighted by atomic mass is 9.83. The van der Waals surface area contributed by atoms with Gasteiger partial charge in [0.15, 0.2) is 17.3 Å². The molecule has 2 rings (SSSR count). The van der Waals surface area contributed by atoms with Gasteiger partial charge in [0.2, 0.25) is 0 Å². The van der Waals surface area contributed by atoms with Gasteiger partial charge in [0.1, 0.15) is 5.75 Å². The Bertz CT molecular complexity index is 636. The minimum Gasteiger partial charge on any atom is -0.507 e. The first-order chi connectivity index (χ1) is 8.34. The molecule has 1 aliphatic carbocycles. The zero-order valence-electron chi connectivity index (χ0n) is 10.3. The number of ketones is 3. The fraction of sp³-hybridized carbons (Fsp3) is 0.214. The van der Waals surface area contributed by atoms with E-state index < -0.39 is 5.78 Å². The van der Waals surface area contributed by atoms with E-state index >= 15 is 0 Å². The summed E-state index contributed by atoms with van der Waals surface area (Å²) in [5.74, 6) is -1.37.